The summed E-state index contributed by atoms with van der Waals surface area (Å²) in [7, 11) is 0. The fourth-order valence-electron chi connectivity index (χ4n) is 3.86. The van der Waals surface area contributed by atoms with E-state index < -0.39 is 5.97 Å². The minimum Gasteiger partial charge on any atom is -0.478 e. The molecule has 1 aliphatic heterocycles. The smallest absolute Gasteiger partial charge is 0.327 e. The lowest BCUT2D eigenvalue weighted by Gasteiger charge is -2.51. The van der Waals surface area contributed by atoms with Gasteiger partial charge >= 0.3 is 5.97 Å². The summed E-state index contributed by atoms with van der Waals surface area (Å²) in [4.78, 5) is 10.5. The zero-order valence-electron chi connectivity index (χ0n) is 15.9. The molecule has 24 heavy (non-hydrogen) atoms. The number of hydroxylamine groups is 2. The molecule has 0 amide bonds. The lowest BCUT2D eigenvalue weighted by atomic mass is 9.75. The summed E-state index contributed by atoms with van der Waals surface area (Å²) in [5, 5.41) is 20.4. The molecule has 0 aromatic heterocycles. The van der Waals surface area contributed by atoms with E-state index in [1.165, 1.54) is 11.1 Å². The van der Waals surface area contributed by atoms with Gasteiger partial charge in [-0.3, -0.25) is 0 Å². The number of carbonyl (C=O) groups is 1. The molecular weight excluding hydrogens is 306 g/mol. The Bertz CT molecular complexity index is 413. The summed E-state index contributed by atoms with van der Waals surface area (Å²) < 4.78 is 5.86. The van der Waals surface area contributed by atoms with Gasteiger partial charge in [-0.15, -0.1) is 0 Å². The van der Waals surface area contributed by atoms with Crippen molar-refractivity contribution in [2.45, 2.75) is 77.8 Å². The monoisotopic (exact) mass is 341 g/mol. The lowest BCUT2D eigenvalue weighted by Crippen LogP contribution is -2.59. The van der Waals surface area contributed by atoms with E-state index in [0.29, 0.717) is 5.92 Å². The SMILES string of the molecule is CC(C=CC(=O)O)CCCCOCC1CC(C)(C)N(O)C(C)(C)C1. The number of hydrogen-bond donors (Lipinski definition) is 2. The van der Waals surface area contributed by atoms with Crippen molar-refractivity contribution in [2.75, 3.05) is 13.2 Å². The molecule has 1 aliphatic rings. The second-order valence-electron chi connectivity index (χ2n) is 8.46. The maximum absolute atomic E-state index is 10.5. The molecule has 0 aromatic carbocycles. The minimum absolute atomic E-state index is 0.221. The molecule has 0 aliphatic carbocycles. The predicted octanol–water partition coefficient (Wildman–Crippen LogP) is 4.11. The van der Waals surface area contributed by atoms with Gasteiger partial charge in [0, 0.05) is 30.4 Å². The van der Waals surface area contributed by atoms with Crippen molar-refractivity contribution in [3.63, 3.8) is 0 Å². The van der Waals surface area contributed by atoms with Gasteiger partial charge in [0.2, 0.25) is 0 Å². The van der Waals surface area contributed by atoms with E-state index in [9.17, 15) is 10.0 Å². The first kappa shape index (κ1) is 21.1. The molecule has 0 aromatic rings. The first-order valence-corrected chi connectivity index (χ1v) is 9.03. The molecule has 0 radical (unpaired) electrons. The summed E-state index contributed by atoms with van der Waals surface area (Å²) in [6.07, 6.45) is 7.85. The van der Waals surface area contributed by atoms with Crippen LogP contribution in [0.3, 0.4) is 0 Å². The van der Waals surface area contributed by atoms with E-state index in [-0.39, 0.29) is 17.0 Å². The Balaban J connectivity index is 2.21. The maximum atomic E-state index is 10.5. The van der Waals surface area contributed by atoms with Crippen molar-refractivity contribution < 1.29 is 19.8 Å². The van der Waals surface area contributed by atoms with Crippen molar-refractivity contribution in [2.24, 2.45) is 11.8 Å². The molecule has 140 valence electrons. The van der Waals surface area contributed by atoms with Gasteiger partial charge in [-0.1, -0.05) is 19.4 Å². The Morgan fingerprint density at radius 3 is 2.38 bits per heavy atom. The quantitative estimate of drug-likeness (QED) is 0.488. The van der Waals surface area contributed by atoms with Crippen LogP contribution in [0.25, 0.3) is 0 Å². The first-order chi connectivity index (χ1) is 11.0. The highest BCUT2D eigenvalue weighted by Gasteiger charge is 2.44. The molecule has 5 nitrogen and oxygen atoms in total. The number of carboxylic acid groups (broad SMARTS) is 1. The average molecular weight is 341 g/mol. The Labute approximate surface area is 146 Å². The van der Waals surface area contributed by atoms with E-state index in [2.05, 4.69) is 27.7 Å². The topological polar surface area (TPSA) is 70.0 Å². The number of ether oxygens (including phenoxy) is 1. The van der Waals surface area contributed by atoms with Gasteiger partial charge in [-0.05, 0) is 65.2 Å². The van der Waals surface area contributed by atoms with Crippen LogP contribution in [-0.4, -0.2) is 45.6 Å². The standard InChI is InChI=1S/C19H35NO4/c1-15(9-10-17(21)22)8-6-7-11-24-14-16-12-18(2,3)20(23)19(4,5)13-16/h9-10,15-16,23H,6-8,11-14H2,1-5H3,(H,21,22). The van der Waals surface area contributed by atoms with E-state index in [0.717, 1.165) is 45.3 Å². The van der Waals surface area contributed by atoms with Crippen molar-refractivity contribution in [3.8, 4) is 0 Å². The number of rotatable bonds is 9. The third-order valence-electron chi connectivity index (χ3n) is 4.84. The molecule has 1 saturated heterocycles. The third kappa shape index (κ3) is 6.91. The van der Waals surface area contributed by atoms with E-state index in [1.807, 2.05) is 6.92 Å². The summed E-state index contributed by atoms with van der Waals surface area (Å²) in [5.41, 5.74) is -0.441. The molecule has 5 heteroatoms. The molecular formula is C19H35NO4. The second kappa shape index (κ2) is 8.97. The molecule has 1 atom stereocenters. The number of piperidine rings is 1. The Morgan fingerprint density at radius 2 is 1.83 bits per heavy atom. The van der Waals surface area contributed by atoms with Gasteiger partial charge in [0.05, 0.1) is 0 Å². The summed E-state index contributed by atoms with van der Waals surface area (Å²) in [5.74, 6) is -0.127. The van der Waals surface area contributed by atoms with Gasteiger partial charge in [-0.25, -0.2) is 4.79 Å². The highest BCUT2D eigenvalue weighted by Crippen LogP contribution is 2.39. The minimum atomic E-state index is -0.884. The van der Waals surface area contributed by atoms with E-state index in [1.54, 1.807) is 6.08 Å². The van der Waals surface area contributed by atoms with Crippen LogP contribution in [-0.2, 0) is 9.53 Å². The lowest BCUT2D eigenvalue weighted by molar-refractivity contribution is -0.253. The number of nitrogens with zero attached hydrogens (tertiary/aromatic N) is 1. The van der Waals surface area contributed by atoms with Crippen LogP contribution in [0.4, 0.5) is 0 Å². The molecule has 2 N–H and O–H groups in total. The summed E-state index contributed by atoms with van der Waals surface area (Å²) in [6, 6.07) is 0. The fraction of sp³-hybridized carbons (Fsp3) is 0.842. The molecule has 1 fully saturated rings. The van der Waals surface area contributed by atoms with Gasteiger partial charge in [-0.2, -0.15) is 5.06 Å². The van der Waals surface area contributed by atoms with Gasteiger partial charge < -0.3 is 15.1 Å². The zero-order valence-corrected chi connectivity index (χ0v) is 15.9. The molecule has 0 spiro atoms. The zero-order chi connectivity index (χ0) is 18.4. The number of hydrogen-bond acceptors (Lipinski definition) is 4. The number of carboxylic acids is 1. The van der Waals surface area contributed by atoms with Crippen molar-refractivity contribution in [1.82, 2.24) is 5.06 Å². The molecule has 0 saturated carbocycles. The van der Waals surface area contributed by atoms with Crippen LogP contribution in [0.15, 0.2) is 12.2 Å². The first-order valence-electron chi connectivity index (χ1n) is 9.03. The van der Waals surface area contributed by atoms with Crippen LogP contribution in [0.1, 0.15) is 66.7 Å². The highest BCUT2D eigenvalue weighted by molar-refractivity contribution is 5.79. The summed E-state index contributed by atoms with van der Waals surface area (Å²) >= 11 is 0. The fourth-order valence-corrected chi connectivity index (χ4v) is 3.86. The van der Waals surface area contributed by atoms with Crippen molar-refractivity contribution in [1.29, 1.82) is 0 Å². The summed E-state index contributed by atoms with van der Waals surface area (Å²) in [6.45, 7) is 11.8. The molecule has 1 rings (SSSR count). The largest absolute Gasteiger partial charge is 0.478 e. The maximum Gasteiger partial charge on any atom is 0.327 e. The normalized spacial score (nSPS) is 22.8. The van der Waals surface area contributed by atoms with Gasteiger partial charge in [0.1, 0.15) is 0 Å². The Kier molecular flexibility index (Phi) is 7.90. The molecule has 1 heterocycles. The highest BCUT2D eigenvalue weighted by atomic mass is 16.5. The second-order valence-corrected chi connectivity index (χ2v) is 8.46. The van der Waals surface area contributed by atoms with Crippen LogP contribution >= 0.6 is 0 Å². The average Bonchev–Trinajstić information content (AvgIpc) is 2.45. The van der Waals surface area contributed by atoms with Gasteiger partial charge in [0.25, 0.3) is 0 Å². The van der Waals surface area contributed by atoms with E-state index in [4.69, 9.17) is 9.84 Å². The van der Waals surface area contributed by atoms with Crippen molar-refractivity contribution >= 4 is 5.97 Å². The predicted molar refractivity (Wildman–Crippen MR) is 95.1 cm³/mol. The van der Waals surface area contributed by atoms with Gasteiger partial charge in [0.15, 0.2) is 0 Å². The van der Waals surface area contributed by atoms with Crippen LogP contribution in [0, 0.1) is 11.8 Å². The molecule has 1 unspecified atom stereocenters. The third-order valence-corrected chi connectivity index (χ3v) is 4.84. The number of aliphatic carboxylic acids is 1. The van der Waals surface area contributed by atoms with Crippen molar-refractivity contribution in [3.05, 3.63) is 12.2 Å². The van der Waals surface area contributed by atoms with Crippen LogP contribution in [0.2, 0.25) is 0 Å². The van der Waals surface area contributed by atoms with Crippen LogP contribution in [0.5, 0.6) is 0 Å². The van der Waals surface area contributed by atoms with E-state index >= 15 is 0 Å². The Morgan fingerprint density at radius 1 is 1.25 bits per heavy atom. The number of unbranched alkanes of at least 4 members (excludes halogenated alkanes) is 1. The van der Waals surface area contributed by atoms with Crippen LogP contribution < -0.4 is 0 Å². The Hall–Kier alpha value is -0.910. The molecule has 0 bridgehead atoms. The number of allylic oxidation sites excluding steroid dienone is 1.